The fourth-order valence-electron chi connectivity index (χ4n) is 2.88. The van der Waals surface area contributed by atoms with Gasteiger partial charge in [0.05, 0.1) is 18.7 Å². The van der Waals surface area contributed by atoms with Crippen molar-refractivity contribution in [3.05, 3.63) is 71.8 Å². The number of aliphatic hydroxyl groups excluding tert-OH is 1. The number of carbonyl (C=O) groups excluding carboxylic acids is 1. The normalized spacial score (nSPS) is 13.4. The van der Waals surface area contributed by atoms with Crippen molar-refractivity contribution in [2.24, 2.45) is 0 Å². The van der Waals surface area contributed by atoms with E-state index in [1.807, 2.05) is 67.6 Å². The van der Waals surface area contributed by atoms with Crippen molar-refractivity contribution in [1.29, 1.82) is 0 Å². The molecule has 0 saturated heterocycles. The lowest BCUT2D eigenvalue weighted by Crippen LogP contribution is -2.44. The van der Waals surface area contributed by atoms with Gasteiger partial charge in [0.15, 0.2) is 0 Å². The maximum absolute atomic E-state index is 12.2. The summed E-state index contributed by atoms with van der Waals surface area (Å²) in [6.07, 6.45) is 0.647. The van der Waals surface area contributed by atoms with E-state index in [0.717, 1.165) is 11.1 Å². The minimum Gasteiger partial charge on any atom is -0.394 e. The molecule has 1 N–H and O–H groups in total. The third-order valence-corrected chi connectivity index (χ3v) is 3.98. The molecule has 0 aliphatic heterocycles. The molecule has 2 aromatic carbocycles. The van der Waals surface area contributed by atoms with Gasteiger partial charge in [-0.25, -0.2) is 0 Å². The molecule has 0 fully saturated rings. The van der Waals surface area contributed by atoms with Crippen LogP contribution in [0, 0.1) is 0 Å². The van der Waals surface area contributed by atoms with Crippen molar-refractivity contribution in [3.63, 3.8) is 0 Å². The molecular formula is C19H23NO2. The van der Waals surface area contributed by atoms with Crippen LogP contribution in [0.1, 0.15) is 31.0 Å². The molecule has 0 heterocycles. The van der Waals surface area contributed by atoms with Gasteiger partial charge in [0.1, 0.15) is 0 Å². The monoisotopic (exact) mass is 297 g/mol. The van der Waals surface area contributed by atoms with Crippen LogP contribution in [0.15, 0.2) is 60.7 Å². The molecule has 2 atom stereocenters. The molecule has 3 nitrogen and oxygen atoms in total. The summed E-state index contributed by atoms with van der Waals surface area (Å²) in [6.45, 7) is 3.52. The molecule has 22 heavy (non-hydrogen) atoms. The Labute approximate surface area is 132 Å². The van der Waals surface area contributed by atoms with Crippen LogP contribution in [0.25, 0.3) is 0 Å². The summed E-state index contributed by atoms with van der Waals surface area (Å²) < 4.78 is 0. The second-order valence-electron chi connectivity index (χ2n) is 5.54. The van der Waals surface area contributed by atoms with Crippen LogP contribution in [-0.4, -0.2) is 28.6 Å². The number of hydrogen-bond donors (Lipinski definition) is 1. The molecule has 0 bridgehead atoms. The number of benzene rings is 2. The average molecular weight is 297 g/mol. The molecular weight excluding hydrogens is 274 g/mol. The fourth-order valence-corrected chi connectivity index (χ4v) is 2.88. The van der Waals surface area contributed by atoms with Gasteiger partial charge in [-0.05, 0) is 24.5 Å². The van der Waals surface area contributed by atoms with Crippen LogP contribution in [-0.2, 0) is 11.2 Å². The first-order chi connectivity index (χ1) is 10.6. The molecule has 0 aliphatic carbocycles. The zero-order valence-electron chi connectivity index (χ0n) is 13.1. The minimum atomic E-state index is -0.227. The van der Waals surface area contributed by atoms with Crippen molar-refractivity contribution in [2.75, 3.05) is 6.61 Å². The second kappa shape index (κ2) is 7.76. The van der Waals surface area contributed by atoms with E-state index in [2.05, 4.69) is 0 Å². The van der Waals surface area contributed by atoms with Gasteiger partial charge in [-0.15, -0.1) is 0 Å². The van der Waals surface area contributed by atoms with Crippen molar-refractivity contribution >= 4 is 5.91 Å². The molecule has 1 amide bonds. The van der Waals surface area contributed by atoms with E-state index in [0.29, 0.717) is 6.42 Å². The highest BCUT2D eigenvalue weighted by molar-refractivity contribution is 5.74. The average Bonchev–Trinajstić information content (AvgIpc) is 2.55. The van der Waals surface area contributed by atoms with Crippen LogP contribution >= 0.6 is 0 Å². The van der Waals surface area contributed by atoms with Gasteiger partial charge in [-0.1, -0.05) is 60.7 Å². The third kappa shape index (κ3) is 3.95. The van der Waals surface area contributed by atoms with E-state index in [-0.39, 0.29) is 24.6 Å². The smallest absolute Gasteiger partial charge is 0.220 e. The highest BCUT2D eigenvalue weighted by atomic mass is 16.3. The van der Waals surface area contributed by atoms with E-state index in [1.165, 1.54) is 0 Å². The first kappa shape index (κ1) is 16.2. The van der Waals surface area contributed by atoms with E-state index < -0.39 is 0 Å². The van der Waals surface area contributed by atoms with Gasteiger partial charge in [0, 0.05) is 6.92 Å². The predicted octanol–water partition coefficient (Wildman–Crippen LogP) is 3.20. The summed E-state index contributed by atoms with van der Waals surface area (Å²) in [6, 6.07) is 19.6. The van der Waals surface area contributed by atoms with Crippen molar-refractivity contribution < 1.29 is 9.90 Å². The maximum atomic E-state index is 12.2. The number of rotatable bonds is 6. The summed E-state index contributed by atoms with van der Waals surface area (Å²) >= 11 is 0. The summed E-state index contributed by atoms with van der Waals surface area (Å²) in [5.74, 6) is -0.0219. The number of aliphatic hydroxyl groups is 1. The maximum Gasteiger partial charge on any atom is 0.220 e. The zero-order chi connectivity index (χ0) is 15.9. The summed E-state index contributed by atoms with van der Waals surface area (Å²) in [4.78, 5) is 13.9. The van der Waals surface area contributed by atoms with Gasteiger partial charge in [-0.3, -0.25) is 4.79 Å². The van der Waals surface area contributed by atoms with Crippen LogP contribution in [0.3, 0.4) is 0 Å². The lowest BCUT2D eigenvalue weighted by atomic mass is 10.0. The Kier molecular flexibility index (Phi) is 5.73. The standard InChI is InChI=1S/C19H23NO2/c1-15(18-11-7-4-8-12-18)20(16(2)22)19(14-21)13-17-9-5-3-6-10-17/h3-12,15,19,21H,13-14H2,1-2H3/t15-,19+/m1/s1. The minimum absolute atomic E-state index is 0.0219. The molecule has 0 aromatic heterocycles. The van der Waals surface area contributed by atoms with Gasteiger partial charge < -0.3 is 10.0 Å². The van der Waals surface area contributed by atoms with Crippen molar-refractivity contribution in [1.82, 2.24) is 4.90 Å². The van der Waals surface area contributed by atoms with Crippen LogP contribution < -0.4 is 0 Å². The molecule has 2 rings (SSSR count). The van der Waals surface area contributed by atoms with Crippen LogP contribution in [0.5, 0.6) is 0 Å². The molecule has 0 unspecified atom stereocenters. The highest BCUT2D eigenvalue weighted by Gasteiger charge is 2.26. The molecule has 2 aromatic rings. The van der Waals surface area contributed by atoms with Crippen molar-refractivity contribution in [3.8, 4) is 0 Å². The molecule has 0 radical (unpaired) electrons. The highest BCUT2D eigenvalue weighted by Crippen LogP contribution is 2.24. The Balaban J connectivity index is 2.23. The number of nitrogens with zero attached hydrogens (tertiary/aromatic N) is 1. The fraction of sp³-hybridized carbons (Fsp3) is 0.316. The van der Waals surface area contributed by atoms with Gasteiger partial charge >= 0.3 is 0 Å². The number of carbonyl (C=O) groups is 1. The van der Waals surface area contributed by atoms with Gasteiger partial charge in [-0.2, -0.15) is 0 Å². The lowest BCUT2D eigenvalue weighted by Gasteiger charge is -2.35. The predicted molar refractivity (Wildman–Crippen MR) is 88.4 cm³/mol. The Bertz CT molecular complexity index is 583. The van der Waals surface area contributed by atoms with Gasteiger partial charge in [0.2, 0.25) is 5.91 Å². The van der Waals surface area contributed by atoms with Crippen LogP contribution in [0.2, 0.25) is 0 Å². The third-order valence-electron chi connectivity index (χ3n) is 3.98. The van der Waals surface area contributed by atoms with Crippen LogP contribution in [0.4, 0.5) is 0 Å². The largest absolute Gasteiger partial charge is 0.394 e. The molecule has 116 valence electrons. The Hall–Kier alpha value is -2.13. The number of hydrogen-bond acceptors (Lipinski definition) is 2. The zero-order valence-corrected chi connectivity index (χ0v) is 13.1. The molecule has 0 aliphatic rings. The Morgan fingerprint density at radius 2 is 1.59 bits per heavy atom. The van der Waals surface area contributed by atoms with Crippen molar-refractivity contribution in [2.45, 2.75) is 32.4 Å². The Morgan fingerprint density at radius 3 is 2.09 bits per heavy atom. The molecule has 0 saturated carbocycles. The first-order valence-electron chi connectivity index (χ1n) is 7.62. The Morgan fingerprint density at radius 1 is 1.05 bits per heavy atom. The summed E-state index contributed by atoms with van der Waals surface area (Å²) in [5, 5.41) is 9.81. The van der Waals surface area contributed by atoms with Gasteiger partial charge in [0.25, 0.3) is 0 Å². The topological polar surface area (TPSA) is 40.5 Å². The number of amides is 1. The van der Waals surface area contributed by atoms with E-state index >= 15 is 0 Å². The second-order valence-corrected chi connectivity index (χ2v) is 5.54. The quantitative estimate of drug-likeness (QED) is 0.889. The summed E-state index contributed by atoms with van der Waals surface area (Å²) in [5.41, 5.74) is 2.19. The molecule has 3 heteroatoms. The summed E-state index contributed by atoms with van der Waals surface area (Å²) in [7, 11) is 0. The first-order valence-corrected chi connectivity index (χ1v) is 7.62. The SMILES string of the molecule is CC(=O)N([C@H](CO)Cc1ccccc1)[C@H](C)c1ccccc1. The van der Waals surface area contributed by atoms with E-state index in [4.69, 9.17) is 0 Å². The molecule has 0 spiro atoms. The van der Waals surface area contributed by atoms with E-state index in [9.17, 15) is 9.90 Å². The van der Waals surface area contributed by atoms with E-state index in [1.54, 1.807) is 11.8 Å². The lowest BCUT2D eigenvalue weighted by molar-refractivity contribution is -0.134.